The monoisotopic (exact) mass is 390 g/mol. The number of thioether (sulfide) groups is 1. The highest BCUT2D eigenvalue weighted by molar-refractivity contribution is 14.1. The summed E-state index contributed by atoms with van der Waals surface area (Å²) < 4.78 is 0.798. The van der Waals surface area contributed by atoms with Crippen molar-refractivity contribution in [3.63, 3.8) is 0 Å². The molecule has 0 unspecified atom stereocenters. The molecule has 2 fully saturated rings. The van der Waals surface area contributed by atoms with E-state index in [0.29, 0.717) is 5.92 Å². The Morgan fingerprint density at radius 2 is 1.95 bits per heavy atom. The second-order valence-electron chi connectivity index (χ2n) is 5.56. The Balaban J connectivity index is 1.68. The molecular weight excluding hydrogens is 371 g/mol. The fourth-order valence-corrected chi connectivity index (χ4v) is 4.54. The van der Waals surface area contributed by atoms with Crippen LogP contribution in [-0.2, 0) is 5.75 Å². The first-order valence-electron chi connectivity index (χ1n) is 7.14. The molecule has 0 bridgehead atoms. The zero-order valence-corrected chi connectivity index (χ0v) is 13.9. The number of aromatic nitrogens is 2. The third-order valence-corrected chi connectivity index (χ3v) is 6.33. The van der Waals surface area contributed by atoms with Crippen molar-refractivity contribution in [1.29, 1.82) is 0 Å². The minimum absolute atomic E-state index is 0.0525. The lowest BCUT2D eigenvalue weighted by Crippen LogP contribution is -2.18. The van der Waals surface area contributed by atoms with Gasteiger partial charge in [0.05, 0.1) is 15.0 Å². The maximum absolute atomic E-state index is 11.9. The molecule has 5 heteroatoms. The van der Waals surface area contributed by atoms with Crippen LogP contribution in [0.3, 0.4) is 0 Å². The van der Waals surface area contributed by atoms with Crippen molar-refractivity contribution in [3.05, 3.63) is 25.4 Å². The number of halogens is 1. The molecule has 1 heterocycles. The van der Waals surface area contributed by atoms with Gasteiger partial charge in [-0.25, -0.2) is 4.98 Å². The number of nitrogens with one attached hydrogen (secondary N) is 1. The lowest BCUT2D eigenvalue weighted by Gasteiger charge is -2.20. The first-order chi connectivity index (χ1) is 9.24. The van der Waals surface area contributed by atoms with Gasteiger partial charge in [0.15, 0.2) is 0 Å². The summed E-state index contributed by atoms with van der Waals surface area (Å²) >= 11 is 4.11. The van der Waals surface area contributed by atoms with Gasteiger partial charge in [-0.2, -0.15) is 11.8 Å². The largest absolute Gasteiger partial charge is 0.309 e. The van der Waals surface area contributed by atoms with Gasteiger partial charge in [0, 0.05) is 11.2 Å². The summed E-state index contributed by atoms with van der Waals surface area (Å²) in [7, 11) is 0. The number of nitrogens with zero attached hydrogens (tertiary/aromatic N) is 1. The highest BCUT2D eigenvalue weighted by atomic mass is 127. The Kier molecular flexibility index (Phi) is 4.51. The summed E-state index contributed by atoms with van der Waals surface area (Å²) in [6.07, 6.45) is 9.16. The molecule has 0 atom stereocenters. The Bertz CT molecular complexity index is 507. The van der Waals surface area contributed by atoms with E-state index in [1.54, 1.807) is 0 Å². The number of hydrogen-bond acceptors (Lipinski definition) is 3. The highest BCUT2D eigenvalue weighted by Crippen LogP contribution is 2.40. The number of H-pyrrole nitrogens is 1. The molecule has 104 valence electrons. The summed E-state index contributed by atoms with van der Waals surface area (Å²) in [5, 5.41) is 0.766. The van der Waals surface area contributed by atoms with Gasteiger partial charge in [-0.3, -0.25) is 4.79 Å². The molecule has 1 N–H and O–H groups in total. The van der Waals surface area contributed by atoms with Gasteiger partial charge in [0.25, 0.3) is 5.56 Å². The lowest BCUT2D eigenvalue weighted by molar-refractivity contribution is 0.516. The van der Waals surface area contributed by atoms with Gasteiger partial charge >= 0.3 is 0 Å². The van der Waals surface area contributed by atoms with Crippen molar-refractivity contribution in [2.24, 2.45) is 0 Å². The minimum Gasteiger partial charge on any atom is -0.309 e. The highest BCUT2D eigenvalue weighted by Gasteiger charge is 2.28. The Hall–Kier alpha value is -0.0400. The van der Waals surface area contributed by atoms with Crippen LogP contribution in [0.4, 0.5) is 0 Å². The molecule has 0 saturated heterocycles. The first-order valence-corrected chi connectivity index (χ1v) is 9.27. The predicted octanol–water partition coefficient (Wildman–Crippen LogP) is 3.82. The van der Waals surface area contributed by atoms with Crippen molar-refractivity contribution in [2.45, 2.75) is 61.9 Å². The van der Waals surface area contributed by atoms with Crippen molar-refractivity contribution in [1.82, 2.24) is 9.97 Å². The average molecular weight is 390 g/mol. The SMILES string of the molecule is O=c1[nH]c(CSC2CCCCC2)nc(C2CC2)c1I. The van der Waals surface area contributed by atoms with E-state index in [1.807, 2.05) is 11.8 Å². The van der Waals surface area contributed by atoms with E-state index in [4.69, 9.17) is 4.98 Å². The molecule has 1 aromatic heterocycles. The van der Waals surface area contributed by atoms with Crippen LogP contribution in [0.15, 0.2) is 4.79 Å². The molecule has 3 nitrogen and oxygen atoms in total. The topological polar surface area (TPSA) is 45.8 Å². The van der Waals surface area contributed by atoms with Crippen LogP contribution in [0.1, 0.15) is 62.4 Å². The Labute approximate surface area is 131 Å². The van der Waals surface area contributed by atoms with Gasteiger partial charge in [-0.05, 0) is 48.3 Å². The first kappa shape index (κ1) is 13.9. The van der Waals surface area contributed by atoms with Crippen molar-refractivity contribution in [3.8, 4) is 0 Å². The second-order valence-corrected chi connectivity index (χ2v) is 7.92. The fraction of sp³-hybridized carbons (Fsp3) is 0.714. The van der Waals surface area contributed by atoms with Crippen LogP contribution >= 0.6 is 34.4 Å². The van der Waals surface area contributed by atoms with E-state index in [-0.39, 0.29) is 5.56 Å². The Morgan fingerprint density at radius 1 is 1.21 bits per heavy atom. The van der Waals surface area contributed by atoms with Crippen LogP contribution in [-0.4, -0.2) is 15.2 Å². The van der Waals surface area contributed by atoms with Crippen LogP contribution in [0.2, 0.25) is 0 Å². The Morgan fingerprint density at radius 3 is 2.63 bits per heavy atom. The standard InChI is InChI=1S/C14H19IN2OS/c15-12-13(9-6-7-9)16-11(17-14(12)18)8-19-10-4-2-1-3-5-10/h9-10H,1-8H2,(H,16,17,18). The maximum Gasteiger partial charge on any atom is 0.264 e. The van der Waals surface area contributed by atoms with E-state index in [1.165, 1.54) is 44.9 Å². The molecule has 0 spiro atoms. The second kappa shape index (κ2) is 6.16. The van der Waals surface area contributed by atoms with E-state index >= 15 is 0 Å². The smallest absolute Gasteiger partial charge is 0.264 e. The molecule has 2 aliphatic rings. The van der Waals surface area contributed by atoms with Crippen LogP contribution < -0.4 is 5.56 Å². The van der Waals surface area contributed by atoms with Gasteiger partial charge < -0.3 is 4.98 Å². The van der Waals surface area contributed by atoms with Gasteiger partial charge in [0.1, 0.15) is 5.82 Å². The average Bonchev–Trinajstić information content (AvgIpc) is 3.25. The maximum atomic E-state index is 11.9. The summed E-state index contributed by atoms with van der Waals surface area (Å²) in [6.45, 7) is 0. The fourth-order valence-electron chi connectivity index (χ4n) is 2.65. The third kappa shape index (κ3) is 3.54. The third-order valence-electron chi connectivity index (χ3n) is 3.91. The van der Waals surface area contributed by atoms with Crippen LogP contribution in [0, 0.1) is 3.57 Å². The van der Waals surface area contributed by atoms with Crippen LogP contribution in [0.5, 0.6) is 0 Å². The molecule has 19 heavy (non-hydrogen) atoms. The lowest BCUT2D eigenvalue weighted by atomic mass is 10.0. The summed E-state index contributed by atoms with van der Waals surface area (Å²) in [4.78, 5) is 19.6. The van der Waals surface area contributed by atoms with E-state index in [9.17, 15) is 4.79 Å². The molecule has 2 aliphatic carbocycles. The van der Waals surface area contributed by atoms with Crippen molar-refractivity contribution < 1.29 is 0 Å². The number of rotatable bonds is 4. The zero-order valence-electron chi connectivity index (χ0n) is 11.0. The van der Waals surface area contributed by atoms with Crippen molar-refractivity contribution >= 4 is 34.4 Å². The van der Waals surface area contributed by atoms with E-state index < -0.39 is 0 Å². The molecule has 3 rings (SSSR count). The quantitative estimate of drug-likeness (QED) is 0.796. The van der Waals surface area contributed by atoms with E-state index in [2.05, 4.69) is 27.6 Å². The minimum atomic E-state index is 0.0525. The summed E-state index contributed by atoms with van der Waals surface area (Å²) in [5.41, 5.74) is 1.10. The molecule has 2 saturated carbocycles. The molecule has 0 aromatic carbocycles. The molecule has 1 aromatic rings. The number of hydrogen-bond donors (Lipinski definition) is 1. The van der Waals surface area contributed by atoms with Crippen molar-refractivity contribution in [2.75, 3.05) is 0 Å². The molecule has 0 amide bonds. The summed E-state index contributed by atoms with van der Waals surface area (Å²) in [6, 6.07) is 0. The molecular formula is C14H19IN2OS. The normalized spacial score (nSPS) is 20.7. The molecule has 0 aliphatic heterocycles. The summed E-state index contributed by atoms with van der Waals surface area (Å²) in [5.74, 6) is 2.28. The predicted molar refractivity (Wildman–Crippen MR) is 87.7 cm³/mol. The van der Waals surface area contributed by atoms with Gasteiger partial charge in [-0.1, -0.05) is 19.3 Å². The van der Waals surface area contributed by atoms with Gasteiger partial charge in [-0.15, -0.1) is 0 Å². The van der Waals surface area contributed by atoms with Crippen LogP contribution in [0.25, 0.3) is 0 Å². The zero-order chi connectivity index (χ0) is 13.2. The van der Waals surface area contributed by atoms with E-state index in [0.717, 1.165) is 26.1 Å². The molecule has 0 radical (unpaired) electrons. The number of aromatic amines is 1. The van der Waals surface area contributed by atoms with Gasteiger partial charge in [0.2, 0.25) is 0 Å².